The predicted octanol–water partition coefficient (Wildman–Crippen LogP) is 3.59. The van der Waals surface area contributed by atoms with Crippen LogP contribution in [0.2, 0.25) is 0 Å². The van der Waals surface area contributed by atoms with Gasteiger partial charge in [-0.3, -0.25) is 4.90 Å². The summed E-state index contributed by atoms with van der Waals surface area (Å²) >= 11 is 0. The number of nitrogens with one attached hydrogen (secondary N) is 1. The van der Waals surface area contributed by atoms with Crippen LogP contribution in [0.3, 0.4) is 0 Å². The predicted molar refractivity (Wildman–Crippen MR) is 97.5 cm³/mol. The van der Waals surface area contributed by atoms with E-state index in [1.54, 1.807) is 5.57 Å². The standard InChI is InChI=1S/C21H26N2/c1-2-6-19-17(5-1)9-10-18(20-7-3-4-8-21(19)20)11-14-23-15-12-22-13-16-23/h1-8,11,17,19,22H,9-10,12-16H2. The van der Waals surface area contributed by atoms with Crippen molar-refractivity contribution < 1.29 is 0 Å². The molecule has 1 aliphatic heterocycles. The van der Waals surface area contributed by atoms with Crippen molar-refractivity contribution in [1.29, 1.82) is 0 Å². The lowest BCUT2D eigenvalue weighted by Crippen LogP contribution is -2.43. The van der Waals surface area contributed by atoms with Crippen molar-refractivity contribution in [2.24, 2.45) is 5.92 Å². The number of rotatable bonds is 2. The molecule has 23 heavy (non-hydrogen) atoms. The molecule has 120 valence electrons. The molecule has 1 fully saturated rings. The van der Waals surface area contributed by atoms with E-state index in [4.69, 9.17) is 0 Å². The zero-order chi connectivity index (χ0) is 15.5. The van der Waals surface area contributed by atoms with Crippen LogP contribution in [0.25, 0.3) is 5.57 Å². The zero-order valence-corrected chi connectivity index (χ0v) is 13.7. The van der Waals surface area contributed by atoms with Crippen LogP contribution in [0, 0.1) is 5.92 Å². The van der Waals surface area contributed by atoms with E-state index < -0.39 is 0 Å². The van der Waals surface area contributed by atoms with Gasteiger partial charge in [0.05, 0.1) is 0 Å². The average Bonchev–Trinajstić information content (AvgIpc) is 2.78. The van der Waals surface area contributed by atoms with Crippen molar-refractivity contribution in [1.82, 2.24) is 10.2 Å². The molecular formula is C21H26N2. The third-order valence-electron chi connectivity index (χ3n) is 5.47. The summed E-state index contributed by atoms with van der Waals surface area (Å²) in [7, 11) is 0. The summed E-state index contributed by atoms with van der Waals surface area (Å²) in [6, 6.07) is 9.05. The van der Waals surface area contributed by atoms with E-state index in [1.807, 2.05) is 0 Å². The van der Waals surface area contributed by atoms with Crippen LogP contribution in [-0.2, 0) is 0 Å². The lowest BCUT2D eigenvalue weighted by atomic mass is 9.81. The number of nitrogens with zero attached hydrogens (tertiary/aromatic N) is 1. The van der Waals surface area contributed by atoms with Gasteiger partial charge in [0, 0.05) is 38.6 Å². The first kappa shape index (κ1) is 14.9. The van der Waals surface area contributed by atoms with E-state index in [9.17, 15) is 0 Å². The van der Waals surface area contributed by atoms with E-state index in [1.165, 1.54) is 37.1 Å². The maximum atomic E-state index is 3.43. The average molecular weight is 306 g/mol. The highest BCUT2D eigenvalue weighted by atomic mass is 15.2. The first-order chi connectivity index (χ1) is 11.4. The summed E-state index contributed by atoms with van der Waals surface area (Å²) in [5.41, 5.74) is 4.55. The van der Waals surface area contributed by atoms with Gasteiger partial charge in [-0.25, -0.2) is 0 Å². The molecule has 0 saturated carbocycles. The van der Waals surface area contributed by atoms with Gasteiger partial charge in [0.15, 0.2) is 0 Å². The van der Waals surface area contributed by atoms with Gasteiger partial charge < -0.3 is 5.32 Å². The Morgan fingerprint density at radius 2 is 1.91 bits per heavy atom. The SMILES string of the molecule is C1=CC2CCC(=CCN3CCNCC3)c3ccccc3C2C=C1. The number of piperazine rings is 1. The minimum Gasteiger partial charge on any atom is -0.314 e. The fourth-order valence-electron chi connectivity index (χ4n) is 4.15. The Hall–Kier alpha value is -1.64. The van der Waals surface area contributed by atoms with Crippen molar-refractivity contribution in [2.45, 2.75) is 18.8 Å². The molecule has 0 spiro atoms. The Morgan fingerprint density at radius 1 is 1.09 bits per heavy atom. The molecule has 2 heteroatoms. The molecule has 0 bridgehead atoms. The molecular weight excluding hydrogens is 280 g/mol. The fraction of sp³-hybridized carbons (Fsp3) is 0.429. The lowest BCUT2D eigenvalue weighted by Gasteiger charge is -2.26. The molecule has 2 atom stereocenters. The Bertz CT molecular complexity index is 635. The lowest BCUT2D eigenvalue weighted by molar-refractivity contribution is 0.265. The van der Waals surface area contributed by atoms with Gasteiger partial charge in [-0.15, -0.1) is 0 Å². The molecule has 1 heterocycles. The highest BCUT2D eigenvalue weighted by Crippen LogP contribution is 2.42. The van der Waals surface area contributed by atoms with E-state index >= 15 is 0 Å². The molecule has 2 unspecified atom stereocenters. The summed E-state index contributed by atoms with van der Waals surface area (Å²) in [5.74, 6) is 1.22. The summed E-state index contributed by atoms with van der Waals surface area (Å²) < 4.78 is 0. The monoisotopic (exact) mass is 306 g/mol. The van der Waals surface area contributed by atoms with E-state index in [0.29, 0.717) is 11.8 Å². The van der Waals surface area contributed by atoms with Gasteiger partial charge in [0.25, 0.3) is 0 Å². The third kappa shape index (κ3) is 3.19. The highest BCUT2D eigenvalue weighted by molar-refractivity contribution is 5.70. The number of hydrogen-bond acceptors (Lipinski definition) is 2. The minimum absolute atomic E-state index is 0.557. The first-order valence-corrected chi connectivity index (χ1v) is 8.98. The summed E-state index contributed by atoms with van der Waals surface area (Å²) in [5, 5.41) is 3.43. The van der Waals surface area contributed by atoms with Crippen LogP contribution >= 0.6 is 0 Å². The number of fused-ring (bicyclic) bond motifs is 3. The fourth-order valence-corrected chi connectivity index (χ4v) is 4.15. The van der Waals surface area contributed by atoms with Crippen LogP contribution in [-0.4, -0.2) is 37.6 Å². The van der Waals surface area contributed by atoms with Crippen molar-refractivity contribution in [3.63, 3.8) is 0 Å². The zero-order valence-electron chi connectivity index (χ0n) is 13.7. The van der Waals surface area contributed by atoms with Gasteiger partial charge in [-0.2, -0.15) is 0 Å². The van der Waals surface area contributed by atoms with Crippen molar-refractivity contribution in [3.8, 4) is 0 Å². The van der Waals surface area contributed by atoms with Crippen LogP contribution in [0.4, 0.5) is 0 Å². The largest absolute Gasteiger partial charge is 0.314 e. The second-order valence-electron chi connectivity index (χ2n) is 6.87. The highest BCUT2D eigenvalue weighted by Gasteiger charge is 2.27. The normalized spacial score (nSPS) is 29.1. The molecule has 2 aliphatic carbocycles. The van der Waals surface area contributed by atoms with E-state index in [2.05, 4.69) is 64.9 Å². The third-order valence-corrected chi connectivity index (χ3v) is 5.47. The Balaban J connectivity index is 1.62. The van der Waals surface area contributed by atoms with Crippen molar-refractivity contribution in [3.05, 3.63) is 65.8 Å². The van der Waals surface area contributed by atoms with Crippen molar-refractivity contribution in [2.75, 3.05) is 32.7 Å². The molecule has 1 aromatic carbocycles. The molecule has 4 rings (SSSR count). The summed E-state index contributed by atoms with van der Waals surface area (Å²) in [6.07, 6.45) is 14.2. The maximum absolute atomic E-state index is 3.43. The van der Waals surface area contributed by atoms with Gasteiger partial charge >= 0.3 is 0 Å². The first-order valence-electron chi connectivity index (χ1n) is 8.98. The number of hydrogen-bond donors (Lipinski definition) is 1. The number of benzene rings is 1. The quantitative estimate of drug-likeness (QED) is 0.898. The Morgan fingerprint density at radius 3 is 2.83 bits per heavy atom. The second kappa shape index (κ2) is 6.86. The molecule has 1 aromatic rings. The van der Waals surface area contributed by atoms with Crippen molar-refractivity contribution >= 4 is 5.57 Å². The Labute approximate surface area is 139 Å². The smallest absolute Gasteiger partial charge is 0.0170 e. The maximum Gasteiger partial charge on any atom is 0.0170 e. The van der Waals surface area contributed by atoms with Gasteiger partial charge in [-0.05, 0) is 35.5 Å². The summed E-state index contributed by atoms with van der Waals surface area (Å²) in [6.45, 7) is 5.68. The molecule has 2 nitrogen and oxygen atoms in total. The molecule has 0 amide bonds. The van der Waals surface area contributed by atoms with E-state index in [-0.39, 0.29) is 0 Å². The topological polar surface area (TPSA) is 15.3 Å². The van der Waals surface area contributed by atoms with Gasteiger partial charge in [0.2, 0.25) is 0 Å². The van der Waals surface area contributed by atoms with Gasteiger partial charge in [0.1, 0.15) is 0 Å². The van der Waals surface area contributed by atoms with Crippen LogP contribution < -0.4 is 5.32 Å². The summed E-state index contributed by atoms with van der Waals surface area (Å²) in [4.78, 5) is 2.56. The van der Waals surface area contributed by atoms with Crippen LogP contribution in [0.1, 0.15) is 29.9 Å². The Kier molecular flexibility index (Phi) is 4.45. The molecule has 0 radical (unpaired) electrons. The van der Waals surface area contributed by atoms with Crippen LogP contribution in [0.15, 0.2) is 54.6 Å². The molecule has 1 N–H and O–H groups in total. The second-order valence-corrected chi connectivity index (χ2v) is 6.87. The molecule has 1 saturated heterocycles. The van der Waals surface area contributed by atoms with Gasteiger partial charge in [-0.1, -0.05) is 54.6 Å². The minimum atomic E-state index is 0.557. The van der Waals surface area contributed by atoms with Crippen LogP contribution in [0.5, 0.6) is 0 Å². The molecule has 0 aromatic heterocycles. The molecule has 3 aliphatic rings. The number of allylic oxidation sites excluding steroid dienone is 5. The van der Waals surface area contributed by atoms with E-state index in [0.717, 1.165) is 19.6 Å².